The van der Waals surface area contributed by atoms with Crippen molar-refractivity contribution in [2.24, 2.45) is 11.8 Å². The number of aromatic nitrogens is 4. The van der Waals surface area contributed by atoms with Crippen molar-refractivity contribution < 1.29 is 49.7 Å². The number of anilines is 2. The number of tetrazole rings is 1. The zero-order valence-electron chi connectivity index (χ0n) is 24.6. The number of rotatable bonds is 11. The molecule has 9 nitrogen and oxygen atoms in total. The van der Waals surface area contributed by atoms with Gasteiger partial charge in [0.25, 0.3) is 5.95 Å². The maximum absolute atomic E-state index is 13.9. The Morgan fingerprint density at radius 2 is 1.54 bits per heavy atom. The standard InChI is InChI=1S/C29H32F8N6O3/c1-2-42(15-17-3-5-18(16-44)6-4-17)23-13-25-24(45-29(36,37)46-25)11-20(23)14-38-26-39-41-43(40-26)8-7-19-9-21(27(30,31)32)12-22(10-19)28(33,34)35/h9-13,17-18,44H,2-8,14-16H2,1H3,(H,38,40). The van der Waals surface area contributed by atoms with Gasteiger partial charge in [-0.1, -0.05) is 5.10 Å². The third-order valence-corrected chi connectivity index (χ3v) is 8.17. The van der Waals surface area contributed by atoms with E-state index in [0.29, 0.717) is 42.4 Å². The van der Waals surface area contributed by atoms with Crippen LogP contribution in [0.4, 0.5) is 46.8 Å². The Bertz CT molecular complexity index is 1470. The second-order valence-corrected chi connectivity index (χ2v) is 11.4. The molecule has 0 amide bonds. The van der Waals surface area contributed by atoms with Gasteiger partial charge in [-0.3, -0.25) is 0 Å². The summed E-state index contributed by atoms with van der Waals surface area (Å²) >= 11 is 0. The van der Waals surface area contributed by atoms with Crippen molar-refractivity contribution in [2.75, 3.05) is 29.9 Å². The first-order chi connectivity index (χ1) is 21.6. The van der Waals surface area contributed by atoms with Crippen LogP contribution >= 0.6 is 0 Å². The Balaban J connectivity index is 1.29. The second kappa shape index (κ2) is 13.1. The van der Waals surface area contributed by atoms with Gasteiger partial charge in [0.15, 0.2) is 11.5 Å². The van der Waals surface area contributed by atoms with Gasteiger partial charge >= 0.3 is 18.6 Å². The number of fused-ring (bicyclic) bond motifs is 1. The predicted octanol–water partition coefficient (Wildman–Crippen LogP) is 6.51. The number of halogens is 8. The molecule has 3 aromatic rings. The van der Waals surface area contributed by atoms with Crippen LogP contribution in [0.3, 0.4) is 0 Å². The minimum atomic E-state index is -4.96. The number of nitrogens with zero attached hydrogens (tertiary/aromatic N) is 5. The molecule has 1 saturated carbocycles. The van der Waals surface area contributed by atoms with E-state index in [1.54, 1.807) is 0 Å². The molecule has 1 aromatic heterocycles. The third kappa shape index (κ3) is 8.09. The quantitative estimate of drug-likeness (QED) is 0.224. The molecule has 2 N–H and O–H groups in total. The van der Waals surface area contributed by atoms with Crippen LogP contribution in [0.2, 0.25) is 0 Å². The molecular weight excluding hydrogens is 632 g/mol. The fourth-order valence-corrected chi connectivity index (χ4v) is 5.75. The van der Waals surface area contributed by atoms with E-state index in [-0.39, 0.29) is 61.1 Å². The molecular formula is C29H32F8N6O3. The maximum Gasteiger partial charge on any atom is 0.586 e. The number of aliphatic hydroxyl groups is 1. The highest BCUT2D eigenvalue weighted by atomic mass is 19.4. The Labute approximate surface area is 258 Å². The molecule has 0 saturated heterocycles. The molecule has 1 fully saturated rings. The van der Waals surface area contributed by atoms with Crippen LogP contribution in [0.15, 0.2) is 30.3 Å². The van der Waals surface area contributed by atoms with Crippen molar-refractivity contribution in [2.45, 2.75) is 70.8 Å². The molecule has 1 aliphatic heterocycles. The van der Waals surface area contributed by atoms with Crippen molar-refractivity contribution in [3.05, 3.63) is 52.6 Å². The monoisotopic (exact) mass is 664 g/mol. The maximum atomic E-state index is 13.9. The van der Waals surface area contributed by atoms with Crippen LogP contribution < -0.4 is 19.7 Å². The van der Waals surface area contributed by atoms with Crippen LogP contribution in [0, 0.1) is 11.8 Å². The minimum Gasteiger partial charge on any atom is -0.396 e. The lowest BCUT2D eigenvalue weighted by atomic mass is 9.82. The van der Waals surface area contributed by atoms with E-state index >= 15 is 0 Å². The normalized spacial score (nSPS) is 19.3. The molecule has 1 aliphatic carbocycles. The minimum absolute atomic E-state index is 0.000608. The number of hydrogen-bond acceptors (Lipinski definition) is 8. The van der Waals surface area contributed by atoms with Gasteiger partial charge in [-0.2, -0.15) is 31.1 Å². The topological polar surface area (TPSA) is 97.6 Å². The number of hydrogen-bond donors (Lipinski definition) is 2. The van der Waals surface area contributed by atoms with Gasteiger partial charge in [0.2, 0.25) is 0 Å². The summed E-state index contributed by atoms with van der Waals surface area (Å²) in [6, 6.07) is 4.28. The number of benzene rings is 2. The summed E-state index contributed by atoms with van der Waals surface area (Å²) in [5, 5.41) is 24.2. The van der Waals surface area contributed by atoms with Crippen molar-refractivity contribution in [1.82, 2.24) is 20.2 Å². The summed E-state index contributed by atoms with van der Waals surface area (Å²) in [6.45, 7) is 3.17. The van der Waals surface area contributed by atoms with Crippen molar-refractivity contribution in [3.63, 3.8) is 0 Å². The molecule has 0 radical (unpaired) electrons. The van der Waals surface area contributed by atoms with Gasteiger partial charge in [-0.25, -0.2) is 0 Å². The van der Waals surface area contributed by atoms with Gasteiger partial charge < -0.3 is 24.8 Å². The fourth-order valence-electron chi connectivity index (χ4n) is 5.75. The van der Waals surface area contributed by atoms with Gasteiger partial charge in [0, 0.05) is 38.0 Å². The second-order valence-electron chi connectivity index (χ2n) is 11.4. The highest BCUT2D eigenvalue weighted by molar-refractivity contribution is 5.63. The largest absolute Gasteiger partial charge is 0.586 e. The number of ether oxygens (including phenoxy) is 2. The van der Waals surface area contributed by atoms with Crippen LogP contribution in [0.25, 0.3) is 0 Å². The van der Waals surface area contributed by atoms with Gasteiger partial charge in [0.05, 0.1) is 17.7 Å². The van der Waals surface area contributed by atoms with E-state index in [0.717, 1.165) is 30.5 Å². The number of alkyl halides is 8. The van der Waals surface area contributed by atoms with E-state index in [1.165, 1.54) is 12.1 Å². The lowest BCUT2D eigenvalue weighted by Crippen LogP contribution is -2.32. The van der Waals surface area contributed by atoms with Gasteiger partial charge in [-0.15, -0.1) is 13.9 Å². The van der Waals surface area contributed by atoms with Crippen LogP contribution in [0.1, 0.15) is 54.9 Å². The SMILES string of the molecule is CCN(CC1CCC(CO)CC1)c1cc2c(cc1CNc1nnn(CCc3cc(C(F)(F)F)cc(C(F)(F)F)c3)n1)OC(F)(F)O2. The van der Waals surface area contributed by atoms with E-state index < -0.39 is 29.8 Å². The van der Waals surface area contributed by atoms with E-state index in [9.17, 15) is 40.2 Å². The summed E-state index contributed by atoms with van der Waals surface area (Å²) in [5.74, 6) is 0.349. The van der Waals surface area contributed by atoms with Gasteiger partial charge in [-0.05, 0) is 91.5 Å². The van der Waals surface area contributed by atoms with Crippen molar-refractivity contribution in [1.29, 1.82) is 0 Å². The van der Waals surface area contributed by atoms with Crippen LogP contribution in [-0.2, 0) is 31.9 Å². The lowest BCUT2D eigenvalue weighted by Gasteiger charge is -2.34. The number of aryl methyl sites for hydroxylation is 2. The first-order valence-electron chi connectivity index (χ1n) is 14.7. The molecule has 0 spiro atoms. The average Bonchev–Trinajstić information content (AvgIpc) is 3.58. The van der Waals surface area contributed by atoms with Gasteiger partial charge in [0.1, 0.15) is 0 Å². The molecule has 0 atom stereocenters. The first kappa shape index (κ1) is 33.5. The molecule has 0 bridgehead atoms. The summed E-state index contributed by atoms with van der Waals surface area (Å²) < 4.78 is 116. The summed E-state index contributed by atoms with van der Waals surface area (Å²) in [5.41, 5.74) is -1.85. The van der Waals surface area contributed by atoms with Crippen LogP contribution in [-0.4, -0.2) is 51.3 Å². The van der Waals surface area contributed by atoms with Crippen molar-refractivity contribution in [3.8, 4) is 11.5 Å². The smallest absolute Gasteiger partial charge is 0.396 e. The molecule has 2 aromatic carbocycles. The van der Waals surface area contributed by atoms with E-state index in [4.69, 9.17) is 4.74 Å². The van der Waals surface area contributed by atoms with Crippen LogP contribution in [0.5, 0.6) is 11.5 Å². The molecule has 252 valence electrons. The Morgan fingerprint density at radius 3 is 2.13 bits per heavy atom. The predicted molar refractivity (Wildman–Crippen MR) is 148 cm³/mol. The number of aliphatic hydroxyl groups excluding tert-OH is 1. The Hall–Kier alpha value is -3.89. The summed E-state index contributed by atoms with van der Waals surface area (Å²) in [6.07, 6.45) is -10.3. The number of nitrogens with one attached hydrogen (secondary N) is 1. The fraction of sp³-hybridized carbons (Fsp3) is 0.552. The highest BCUT2D eigenvalue weighted by Crippen LogP contribution is 2.45. The Kier molecular flexibility index (Phi) is 9.52. The van der Waals surface area contributed by atoms with E-state index in [1.807, 2.05) is 6.92 Å². The third-order valence-electron chi connectivity index (χ3n) is 8.17. The summed E-state index contributed by atoms with van der Waals surface area (Å²) in [4.78, 5) is 3.08. The van der Waals surface area contributed by atoms with Crippen molar-refractivity contribution >= 4 is 11.6 Å². The average molecular weight is 665 g/mol. The molecule has 2 aliphatic rings. The highest BCUT2D eigenvalue weighted by Gasteiger charge is 2.44. The Morgan fingerprint density at radius 1 is 0.935 bits per heavy atom. The molecule has 2 heterocycles. The molecule has 5 rings (SSSR count). The van der Waals surface area contributed by atoms with E-state index in [2.05, 4.69) is 30.4 Å². The summed E-state index contributed by atoms with van der Waals surface area (Å²) in [7, 11) is 0. The molecule has 0 unspecified atom stereocenters. The molecule has 17 heteroatoms. The zero-order chi connectivity index (χ0) is 33.3. The zero-order valence-corrected chi connectivity index (χ0v) is 24.6. The molecule has 46 heavy (non-hydrogen) atoms. The lowest BCUT2D eigenvalue weighted by molar-refractivity contribution is -0.286. The first-order valence-corrected chi connectivity index (χ1v) is 14.7.